The van der Waals surface area contributed by atoms with E-state index in [0.717, 1.165) is 14.1 Å². The maximum absolute atomic E-state index is 12.6. The van der Waals surface area contributed by atoms with E-state index in [2.05, 4.69) is 11.3 Å². The summed E-state index contributed by atoms with van der Waals surface area (Å²) in [5, 5.41) is 10.6. The maximum Gasteiger partial charge on any atom is 0.447 e. The zero-order valence-corrected chi connectivity index (χ0v) is 10.9. The Balaban J connectivity index is 4.72. The second kappa shape index (κ2) is 6.05. The van der Waals surface area contributed by atoms with Crippen molar-refractivity contribution in [3.05, 3.63) is 12.2 Å². The fraction of sp³-hybridized carbons (Fsp3) is 0.636. The molecule has 1 atom stereocenters. The first-order chi connectivity index (χ1) is 8.39. The summed E-state index contributed by atoms with van der Waals surface area (Å²) in [5.41, 5.74) is 0.109. The highest BCUT2D eigenvalue weighted by Gasteiger charge is 2.51. The first-order valence-electron chi connectivity index (χ1n) is 5.32. The lowest BCUT2D eigenvalue weighted by Crippen LogP contribution is -2.64. The molecule has 0 fully saturated rings. The van der Waals surface area contributed by atoms with Crippen molar-refractivity contribution in [2.75, 3.05) is 27.2 Å². The molecule has 0 aliphatic carbocycles. The number of rotatable bonds is 6. The maximum atomic E-state index is 12.6. The van der Waals surface area contributed by atoms with E-state index in [0.29, 0.717) is 0 Å². The van der Waals surface area contributed by atoms with Gasteiger partial charge in [-0.05, 0) is 6.92 Å². The fourth-order valence-corrected chi connectivity index (χ4v) is 1.44. The summed E-state index contributed by atoms with van der Waals surface area (Å²) in [5.74, 6) is -2.96. The number of hydrogen-bond acceptors (Lipinski definition) is 4. The average molecular weight is 283 g/mol. The number of carboxylic acids is 1. The number of alkyl halides is 3. The molecule has 0 aromatic carbocycles. The largest absolute Gasteiger partial charge is 0.544 e. The predicted molar refractivity (Wildman–Crippen MR) is 57.6 cm³/mol. The Hall–Kier alpha value is -1.57. The van der Waals surface area contributed by atoms with Crippen molar-refractivity contribution in [3.63, 3.8) is 0 Å². The fourth-order valence-electron chi connectivity index (χ4n) is 1.44. The SMILES string of the molecule is C=C(C)C(=O)OCC[N+](C)(C)C(C(=O)[O-])C(F)(F)F. The summed E-state index contributed by atoms with van der Waals surface area (Å²) in [6, 6.07) is -2.68. The van der Waals surface area contributed by atoms with Gasteiger partial charge in [-0.2, -0.15) is 13.2 Å². The highest BCUT2D eigenvalue weighted by Crippen LogP contribution is 2.27. The van der Waals surface area contributed by atoms with Crippen LogP contribution in [0, 0.1) is 0 Å². The van der Waals surface area contributed by atoms with Crippen LogP contribution in [0.25, 0.3) is 0 Å². The van der Waals surface area contributed by atoms with Gasteiger partial charge >= 0.3 is 12.1 Å². The van der Waals surface area contributed by atoms with E-state index in [9.17, 15) is 27.9 Å². The molecular weight excluding hydrogens is 267 g/mol. The van der Waals surface area contributed by atoms with Gasteiger partial charge in [0.1, 0.15) is 19.1 Å². The van der Waals surface area contributed by atoms with E-state index >= 15 is 0 Å². The average Bonchev–Trinajstić information content (AvgIpc) is 2.12. The van der Waals surface area contributed by atoms with Crippen molar-refractivity contribution < 1.29 is 37.1 Å². The number of nitrogens with zero attached hydrogens (tertiary/aromatic N) is 1. The van der Waals surface area contributed by atoms with Gasteiger partial charge in [0.15, 0.2) is 0 Å². The molecule has 0 aromatic rings. The Labute approximate surface area is 108 Å². The van der Waals surface area contributed by atoms with Gasteiger partial charge in [-0.25, -0.2) is 4.79 Å². The molecule has 0 aliphatic rings. The van der Waals surface area contributed by atoms with Crippen molar-refractivity contribution in [2.45, 2.75) is 19.1 Å². The zero-order chi connectivity index (χ0) is 15.4. The van der Waals surface area contributed by atoms with E-state index in [4.69, 9.17) is 0 Å². The Morgan fingerprint density at radius 1 is 1.37 bits per heavy atom. The molecule has 0 heterocycles. The zero-order valence-electron chi connectivity index (χ0n) is 10.9. The van der Waals surface area contributed by atoms with Crippen LogP contribution in [0.2, 0.25) is 0 Å². The molecule has 0 radical (unpaired) electrons. The number of carbonyl (C=O) groups excluding carboxylic acids is 2. The van der Waals surface area contributed by atoms with Gasteiger partial charge in [0, 0.05) is 5.57 Å². The minimum absolute atomic E-state index is 0.109. The van der Waals surface area contributed by atoms with Gasteiger partial charge in [0.25, 0.3) is 0 Å². The number of aliphatic carboxylic acids is 1. The first kappa shape index (κ1) is 17.4. The van der Waals surface area contributed by atoms with Crippen molar-refractivity contribution in [1.29, 1.82) is 0 Å². The number of likely N-dealkylation sites (N-methyl/N-ethyl adjacent to an activating group) is 1. The number of carbonyl (C=O) groups is 2. The number of carboxylic acid groups (broad SMARTS) is 1. The molecule has 0 bridgehead atoms. The molecule has 0 spiro atoms. The number of hydrogen-bond donors (Lipinski definition) is 0. The standard InChI is InChI=1S/C11H16F3NO4/c1-7(2)10(18)19-6-5-15(3,4)8(9(16)17)11(12,13)14/h8H,1,5-6H2,2-4H3. The van der Waals surface area contributed by atoms with Crippen LogP contribution < -0.4 is 5.11 Å². The monoisotopic (exact) mass is 283 g/mol. The van der Waals surface area contributed by atoms with Gasteiger partial charge in [-0.1, -0.05) is 6.58 Å². The number of quaternary nitrogens is 1. The first-order valence-corrected chi connectivity index (χ1v) is 5.32. The lowest BCUT2D eigenvalue weighted by molar-refractivity contribution is -0.919. The van der Waals surface area contributed by atoms with Gasteiger partial charge < -0.3 is 19.1 Å². The van der Waals surface area contributed by atoms with Crippen LogP contribution in [0.1, 0.15) is 6.92 Å². The van der Waals surface area contributed by atoms with Gasteiger partial charge in [-0.15, -0.1) is 0 Å². The number of esters is 1. The van der Waals surface area contributed by atoms with E-state index in [1.54, 1.807) is 0 Å². The van der Waals surface area contributed by atoms with Gasteiger partial charge in [0.05, 0.1) is 14.1 Å². The molecule has 0 saturated heterocycles. The Morgan fingerprint density at radius 2 is 1.84 bits per heavy atom. The molecule has 0 amide bonds. The number of ether oxygens (including phenoxy) is 1. The molecule has 8 heteroatoms. The molecule has 0 saturated carbocycles. The molecular formula is C11H16F3NO4. The molecule has 110 valence electrons. The third-order valence-corrected chi connectivity index (χ3v) is 2.48. The van der Waals surface area contributed by atoms with E-state index in [1.807, 2.05) is 0 Å². The van der Waals surface area contributed by atoms with Crippen molar-refractivity contribution in [2.24, 2.45) is 0 Å². The summed E-state index contributed by atoms with van der Waals surface area (Å²) in [7, 11) is 2.14. The normalized spacial score (nSPS) is 13.8. The highest BCUT2D eigenvalue weighted by atomic mass is 19.4. The molecule has 0 aliphatic heterocycles. The van der Waals surface area contributed by atoms with E-state index < -0.39 is 28.6 Å². The van der Waals surface area contributed by atoms with Crippen LogP contribution in [0.5, 0.6) is 0 Å². The minimum Gasteiger partial charge on any atom is -0.544 e. The van der Waals surface area contributed by atoms with Gasteiger partial charge in [-0.3, -0.25) is 0 Å². The Kier molecular flexibility index (Phi) is 5.55. The molecule has 1 unspecified atom stereocenters. The summed E-state index contributed by atoms with van der Waals surface area (Å²) < 4.78 is 41.6. The van der Waals surface area contributed by atoms with Crippen molar-refractivity contribution >= 4 is 11.9 Å². The number of halogens is 3. The van der Waals surface area contributed by atoms with Crippen molar-refractivity contribution in [1.82, 2.24) is 0 Å². The van der Waals surface area contributed by atoms with Crippen LogP contribution in [-0.4, -0.2) is 55.9 Å². The molecule has 19 heavy (non-hydrogen) atoms. The summed E-state index contributed by atoms with van der Waals surface area (Å²) in [4.78, 5) is 21.7. The Bertz CT molecular complexity index is 377. The molecule has 0 rings (SSSR count). The summed E-state index contributed by atoms with van der Waals surface area (Å²) >= 11 is 0. The third kappa shape index (κ3) is 5.29. The van der Waals surface area contributed by atoms with E-state index in [-0.39, 0.29) is 18.7 Å². The smallest absolute Gasteiger partial charge is 0.447 e. The third-order valence-electron chi connectivity index (χ3n) is 2.48. The lowest BCUT2D eigenvalue weighted by Gasteiger charge is -2.38. The van der Waals surface area contributed by atoms with E-state index in [1.165, 1.54) is 6.92 Å². The van der Waals surface area contributed by atoms with Crippen LogP contribution in [-0.2, 0) is 14.3 Å². The molecule has 5 nitrogen and oxygen atoms in total. The molecule has 0 N–H and O–H groups in total. The van der Waals surface area contributed by atoms with Crippen LogP contribution in [0.3, 0.4) is 0 Å². The van der Waals surface area contributed by atoms with Gasteiger partial charge in [0.2, 0.25) is 6.04 Å². The second-order valence-electron chi connectivity index (χ2n) is 4.68. The topological polar surface area (TPSA) is 66.4 Å². The van der Waals surface area contributed by atoms with Crippen LogP contribution in [0.4, 0.5) is 13.2 Å². The highest BCUT2D eigenvalue weighted by molar-refractivity contribution is 5.86. The van der Waals surface area contributed by atoms with Crippen molar-refractivity contribution in [3.8, 4) is 0 Å². The van der Waals surface area contributed by atoms with Crippen LogP contribution >= 0.6 is 0 Å². The summed E-state index contributed by atoms with van der Waals surface area (Å²) in [6.45, 7) is 4.03. The quantitative estimate of drug-likeness (QED) is 0.387. The Morgan fingerprint density at radius 3 is 2.16 bits per heavy atom. The summed E-state index contributed by atoms with van der Waals surface area (Å²) in [6.07, 6.45) is -4.94. The van der Waals surface area contributed by atoms with Crippen LogP contribution in [0.15, 0.2) is 12.2 Å². The minimum atomic E-state index is -4.94. The molecule has 0 aromatic heterocycles. The lowest BCUT2D eigenvalue weighted by atomic mass is 10.2. The second-order valence-corrected chi connectivity index (χ2v) is 4.68. The predicted octanol–water partition coefficient (Wildman–Crippen LogP) is -0.137.